The average molecular weight is 296 g/mol. The normalized spacial score (nSPS) is 16.9. The second-order valence-corrected chi connectivity index (χ2v) is 6.79. The maximum absolute atomic E-state index is 10.4. The van der Waals surface area contributed by atoms with E-state index in [1.165, 1.54) is 12.1 Å². The summed E-state index contributed by atoms with van der Waals surface area (Å²) in [4.78, 5) is -0.178. The number of allylic oxidation sites excluding steroid dienone is 1. The maximum atomic E-state index is 10.4. The molecule has 0 atom stereocenters. The Balaban J connectivity index is 0.000000204. The van der Waals surface area contributed by atoms with E-state index in [9.17, 15) is 13.0 Å². The first-order valence-corrected chi connectivity index (χ1v) is 7.59. The van der Waals surface area contributed by atoms with Crippen molar-refractivity contribution in [3.05, 3.63) is 42.1 Å². The van der Waals surface area contributed by atoms with Gasteiger partial charge in [0.2, 0.25) is 0 Å². The Morgan fingerprint density at radius 1 is 1.25 bits per heavy atom. The summed E-state index contributed by atoms with van der Waals surface area (Å²) in [6.45, 7) is 6.20. The van der Waals surface area contributed by atoms with E-state index in [-0.39, 0.29) is 4.90 Å². The number of hydrogen-bond donors (Lipinski definition) is 1. The molecule has 2 N–H and O–H groups in total. The zero-order valence-corrected chi connectivity index (χ0v) is 12.7. The molecule has 0 saturated carbocycles. The van der Waals surface area contributed by atoms with E-state index in [2.05, 4.69) is 19.9 Å². The molecule has 0 bridgehead atoms. The van der Waals surface area contributed by atoms with Gasteiger partial charge in [0.25, 0.3) is 0 Å². The molecule has 2 rings (SSSR count). The van der Waals surface area contributed by atoms with E-state index >= 15 is 0 Å². The number of aryl methyl sites for hydroxylation is 1. The molecule has 6 heteroatoms. The van der Waals surface area contributed by atoms with E-state index in [0.29, 0.717) is 5.41 Å². The molecule has 1 aromatic carbocycles. The first kappa shape index (κ1) is 16.4. The van der Waals surface area contributed by atoms with Crippen LogP contribution in [0.25, 0.3) is 0 Å². The Bertz CT molecular complexity index is 614. The van der Waals surface area contributed by atoms with Gasteiger partial charge in [0, 0.05) is 6.42 Å². The highest BCUT2D eigenvalue weighted by Crippen LogP contribution is 2.21. The van der Waals surface area contributed by atoms with Crippen LogP contribution in [0.4, 0.5) is 0 Å². The van der Waals surface area contributed by atoms with Gasteiger partial charge in [0.05, 0.1) is 4.90 Å². The number of nitrogens with two attached hydrogens (primary N) is 1. The molecular weight excluding hydrogens is 276 g/mol. The molecule has 5 nitrogen and oxygen atoms in total. The molecule has 0 unspecified atom stereocenters. The third-order valence-electron chi connectivity index (χ3n) is 2.84. The zero-order chi connectivity index (χ0) is 15.4. The highest BCUT2D eigenvalue weighted by Gasteiger charge is 2.19. The van der Waals surface area contributed by atoms with Gasteiger partial charge in [0.15, 0.2) is 12.4 Å². The van der Waals surface area contributed by atoms with Crippen molar-refractivity contribution in [1.29, 1.82) is 0 Å². The molecule has 1 aliphatic rings. The van der Waals surface area contributed by atoms with Crippen LogP contribution in [0, 0.1) is 12.3 Å². The standard InChI is InChI=1S/C7H13N2.C7H8O3S/c1-7(2)3-5-9(8)6-4-7;1-6-2-4-7(5-3-6)11(8,9)10/h3,5-6H,4,8H2,1-2H3;2-5H,1H3,(H,8,9,10)/q+1;/p-1. The number of hydrazone groups is 1. The predicted octanol–water partition coefficient (Wildman–Crippen LogP) is 1.79. The van der Waals surface area contributed by atoms with E-state index in [0.717, 1.165) is 12.0 Å². The Morgan fingerprint density at radius 3 is 2.15 bits per heavy atom. The van der Waals surface area contributed by atoms with Crippen LogP contribution in [-0.4, -0.2) is 23.9 Å². The highest BCUT2D eigenvalue weighted by atomic mass is 32.2. The monoisotopic (exact) mass is 296 g/mol. The van der Waals surface area contributed by atoms with Crippen LogP contribution in [0.15, 0.2) is 41.4 Å². The van der Waals surface area contributed by atoms with Crippen LogP contribution in [0.2, 0.25) is 0 Å². The minimum atomic E-state index is -4.27. The number of benzene rings is 1. The fraction of sp³-hybridized carbons (Fsp3) is 0.357. The van der Waals surface area contributed by atoms with Gasteiger partial charge in [-0.15, -0.1) is 0 Å². The second kappa shape index (κ2) is 6.19. The number of rotatable bonds is 1. The van der Waals surface area contributed by atoms with Gasteiger partial charge < -0.3 is 4.55 Å². The first-order chi connectivity index (χ1) is 9.10. The largest absolute Gasteiger partial charge is 0.744 e. The highest BCUT2D eigenvalue weighted by molar-refractivity contribution is 7.85. The van der Waals surface area contributed by atoms with Crippen molar-refractivity contribution in [2.45, 2.75) is 32.1 Å². The van der Waals surface area contributed by atoms with Crippen molar-refractivity contribution < 1.29 is 17.7 Å². The topological polar surface area (TPSA) is 86.2 Å². The Kier molecular flexibility index (Phi) is 5.08. The van der Waals surface area contributed by atoms with Crippen molar-refractivity contribution in [2.75, 3.05) is 0 Å². The number of hydrazine groups is 1. The summed E-state index contributed by atoms with van der Waals surface area (Å²) >= 11 is 0. The minimum absolute atomic E-state index is 0.178. The molecule has 1 aromatic rings. The quantitative estimate of drug-likeness (QED) is 0.486. The summed E-state index contributed by atoms with van der Waals surface area (Å²) in [7, 11) is -4.27. The van der Waals surface area contributed by atoms with Crippen LogP contribution >= 0.6 is 0 Å². The summed E-state index contributed by atoms with van der Waals surface area (Å²) in [5, 5.41) is 0. The molecule has 0 aliphatic carbocycles. The van der Waals surface area contributed by atoms with Crippen LogP contribution in [-0.2, 0) is 10.1 Å². The van der Waals surface area contributed by atoms with Crippen LogP contribution in [0.1, 0.15) is 25.8 Å². The van der Waals surface area contributed by atoms with E-state index in [4.69, 9.17) is 5.84 Å². The maximum Gasteiger partial charge on any atom is 0.195 e. The molecule has 0 amide bonds. The molecule has 0 fully saturated rings. The fourth-order valence-corrected chi connectivity index (χ4v) is 1.93. The summed E-state index contributed by atoms with van der Waals surface area (Å²) in [6.07, 6.45) is 7.02. The van der Waals surface area contributed by atoms with Crippen molar-refractivity contribution in [3.63, 3.8) is 0 Å². The Hall–Kier alpha value is -1.66. The number of nitrogens with zero attached hydrogens (tertiary/aromatic N) is 1. The summed E-state index contributed by atoms with van der Waals surface area (Å²) < 4.78 is 32.8. The molecule has 20 heavy (non-hydrogen) atoms. The molecule has 0 saturated heterocycles. The van der Waals surface area contributed by atoms with Crippen molar-refractivity contribution >= 4 is 16.3 Å². The lowest BCUT2D eigenvalue weighted by atomic mass is 9.89. The molecular formula is C14H20N2O3S. The smallest absolute Gasteiger partial charge is 0.195 e. The molecule has 110 valence electrons. The molecule has 0 aromatic heterocycles. The van der Waals surface area contributed by atoms with Crippen LogP contribution in [0.5, 0.6) is 0 Å². The summed E-state index contributed by atoms with van der Waals surface area (Å²) in [6, 6.07) is 5.78. The lowest BCUT2D eigenvalue weighted by Crippen LogP contribution is -2.23. The third kappa shape index (κ3) is 5.54. The van der Waals surface area contributed by atoms with Crippen LogP contribution in [0.3, 0.4) is 0 Å². The lowest BCUT2D eigenvalue weighted by molar-refractivity contribution is -0.468. The molecule has 0 spiro atoms. The summed E-state index contributed by atoms with van der Waals surface area (Å²) in [5.41, 5.74) is 1.23. The second-order valence-electron chi connectivity index (χ2n) is 5.41. The average Bonchev–Trinajstić information content (AvgIpc) is 2.33. The minimum Gasteiger partial charge on any atom is -0.744 e. The van der Waals surface area contributed by atoms with Crippen molar-refractivity contribution in [2.24, 2.45) is 11.3 Å². The predicted molar refractivity (Wildman–Crippen MR) is 77.2 cm³/mol. The SMILES string of the molecule is CC1(C)C=C[N+](N)=CC1.Cc1ccc(S(=O)(=O)[O-])cc1. The fourth-order valence-electron chi connectivity index (χ4n) is 1.46. The number of hydrogen-bond acceptors (Lipinski definition) is 4. The molecule has 1 heterocycles. The van der Waals surface area contributed by atoms with E-state index in [1.54, 1.807) is 16.8 Å². The van der Waals surface area contributed by atoms with Gasteiger partial charge in [-0.1, -0.05) is 36.2 Å². The molecule has 0 radical (unpaired) electrons. The Labute approximate surface area is 120 Å². The van der Waals surface area contributed by atoms with Gasteiger partial charge >= 0.3 is 0 Å². The molecule has 1 aliphatic heterocycles. The van der Waals surface area contributed by atoms with Crippen molar-refractivity contribution in [1.82, 2.24) is 0 Å². The third-order valence-corrected chi connectivity index (χ3v) is 3.69. The van der Waals surface area contributed by atoms with Crippen molar-refractivity contribution in [3.8, 4) is 0 Å². The van der Waals surface area contributed by atoms with Gasteiger partial charge in [-0.25, -0.2) is 14.3 Å². The first-order valence-electron chi connectivity index (χ1n) is 6.18. The van der Waals surface area contributed by atoms with Gasteiger partial charge in [-0.05, 0) is 30.5 Å². The van der Waals surface area contributed by atoms with E-state index < -0.39 is 10.1 Å². The lowest BCUT2D eigenvalue weighted by Gasteiger charge is -2.16. The Morgan fingerprint density at radius 2 is 1.80 bits per heavy atom. The van der Waals surface area contributed by atoms with Gasteiger partial charge in [-0.2, -0.15) is 0 Å². The van der Waals surface area contributed by atoms with Gasteiger partial charge in [-0.3, -0.25) is 0 Å². The zero-order valence-electron chi connectivity index (χ0n) is 11.9. The summed E-state index contributed by atoms with van der Waals surface area (Å²) in [5.74, 6) is 5.45. The van der Waals surface area contributed by atoms with Crippen LogP contribution < -0.4 is 5.84 Å². The van der Waals surface area contributed by atoms with Gasteiger partial charge in [0.1, 0.15) is 10.1 Å². The van der Waals surface area contributed by atoms with E-state index in [1.807, 2.05) is 19.3 Å².